The van der Waals surface area contributed by atoms with E-state index in [0.29, 0.717) is 35.2 Å². The second kappa shape index (κ2) is 8.47. The molecule has 4 aromatic rings. The molecule has 0 amide bonds. The largest absolute Gasteiger partial charge is 0.338 e. The molecule has 0 aliphatic carbocycles. The molecule has 1 aliphatic rings. The van der Waals surface area contributed by atoms with E-state index < -0.39 is 0 Å². The van der Waals surface area contributed by atoms with E-state index in [1.54, 1.807) is 26.1 Å². The maximum absolute atomic E-state index is 13.1. The van der Waals surface area contributed by atoms with Gasteiger partial charge in [0.05, 0.1) is 6.04 Å². The molecule has 3 aromatic heterocycles. The Hall–Kier alpha value is -3.47. The quantitative estimate of drug-likeness (QED) is 0.425. The van der Waals surface area contributed by atoms with Gasteiger partial charge in [-0.1, -0.05) is 28.6 Å². The fourth-order valence-electron chi connectivity index (χ4n) is 4.06. The van der Waals surface area contributed by atoms with Gasteiger partial charge in [0.25, 0.3) is 11.4 Å². The molecule has 1 saturated heterocycles. The van der Waals surface area contributed by atoms with Gasteiger partial charge >= 0.3 is 0 Å². The van der Waals surface area contributed by atoms with E-state index in [-0.39, 0.29) is 40.4 Å². The van der Waals surface area contributed by atoms with Crippen LogP contribution in [0.5, 0.6) is 0 Å². The Morgan fingerprint density at radius 2 is 2.03 bits per heavy atom. The number of aryl methyl sites for hydroxylation is 2. The molecular formula is C22H21FN6O3S. The first-order valence-corrected chi connectivity index (χ1v) is 11.4. The summed E-state index contributed by atoms with van der Waals surface area (Å²) >= 11 is 1.28. The highest BCUT2D eigenvalue weighted by Crippen LogP contribution is 2.33. The number of benzene rings is 1. The van der Waals surface area contributed by atoms with Gasteiger partial charge in [-0.25, -0.2) is 14.4 Å². The van der Waals surface area contributed by atoms with Gasteiger partial charge in [0.15, 0.2) is 27.1 Å². The van der Waals surface area contributed by atoms with Crippen LogP contribution in [0, 0.1) is 12.7 Å². The maximum Gasteiger partial charge on any atom is 0.294 e. The Morgan fingerprint density at radius 3 is 2.76 bits per heavy atom. The fraction of sp³-hybridized carbons (Fsp3) is 0.364. The van der Waals surface area contributed by atoms with Crippen LogP contribution in [0.1, 0.15) is 30.7 Å². The van der Waals surface area contributed by atoms with E-state index in [1.807, 2.05) is 4.90 Å². The minimum Gasteiger partial charge on any atom is -0.338 e. The number of rotatable bonds is 6. The molecule has 33 heavy (non-hydrogen) atoms. The van der Waals surface area contributed by atoms with Crippen molar-refractivity contribution in [2.24, 2.45) is 7.05 Å². The van der Waals surface area contributed by atoms with E-state index in [1.165, 1.54) is 28.0 Å². The van der Waals surface area contributed by atoms with Crippen LogP contribution < -0.4 is 10.5 Å². The minimum atomic E-state index is -0.313. The Bertz CT molecular complexity index is 1390. The van der Waals surface area contributed by atoms with Crippen molar-refractivity contribution >= 4 is 32.6 Å². The van der Waals surface area contributed by atoms with Crippen molar-refractivity contribution in [3.63, 3.8) is 0 Å². The molecule has 0 spiro atoms. The van der Waals surface area contributed by atoms with Crippen molar-refractivity contribution in [1.82, 2.24) is 24.7 Å². The van der Waals surface area contributed by atoms with Gasteiger partial charge in [-0.15, -0.1) is 0 Å². The summed E-state index contributed by atoms with van der Waals surface area (Å²) in [5.41, 5.74) is 0.861. The molecular weight excluding hydrogens is 447 g/mol. The standard InChI is InChI=1S/C22H21FN6O3S/c1-12-24-19(32-27-12)18-26-20-17(21(31)28(18)2)25-22(33-20)29-11-3-4-15(29)16(30)10-7-13-5-8-14(23)9-6-13/h5-6,8-9,15H,3-4,7,10-11H2,1-2H3/t15-/m1/s1. The molecule has 11 heteroatoms. The van der Waals surface area contributed by atoms with Gasteiger partial charge in [-0.2, -0.15) is 4.98 Å². The lowest BCUT2D eigenvalue weighted by Gasteiger charge is -2.22. The number of ketones is 1. The number of hydrogen-bond donors (Lipinski definition) is 0. The first-order chi connectivity index (χ1) is 15.9. The number of carbonyl (C=O) groups excluding carboxylic acids is 1. The van der Waals surface area contributed by atoms with Crippen LogP contribution >= 0.6 is 11.3 Å². The molecule has 0 N–H and O–H groups in total. The van der Waals surface area contributed by atoms with Gasteiger partial charge < -0.3 is 9.42 Å². The summed E-state index contributed by atoms with van der Waals surface area (Å²) < 4.78 is 19.6. The highest BCUT2D eigenvalue weighted by molar-refractivity contribution is 7.21. The molecule has 0 radical (unpaired) electrons. The average Bonchev–Trinajstić information content (AvgIpc) is 3.54. The Labute approximate surface area is 191 Å². The SMILES string of the molecule is Cc1noc(-c2nc3sc(N4CCC[C@@H]4C(=O)CCc4ccc(F)cc4)nc3c(=O)n2C)n1. The van der Waals surface area contributed by atoms with E-state index >= 15 is 0 Å². The van der Waals surface area contributed by atoms with Crippen LogP contribution in [0.2, 0.25) is 0 Å². The van der Waals surface area contributed by atoms with Gasteiger partial charge in [-0.05, 0) is 43.9 Å². The summed E-state index contributed by atoms with van der Waals surface area (Å²) in [6, 6.07) is 5.91. The van der Waals surface area contributed by atoms with Crippen LogP contribution in [-0.2, 0) is 18.3 Å². The number of thiazole rings is 1. The number of anilines is 1. The van der Waals surface area contributed by atoms with Crippen LogP contribution in [0.15, 0.2) is 33.6 Å². The number of Topliss-reactive ketones (excluding diaryl/α,β-unsaturated/α-hetero) is 1. The van der Waals surface area contributed by atoms with Crippen molar-refractivity contribution in [2.45, 2.75) is 38.6 Å². The zero-order chi connectivity index (χ0) is 23.1. The summed E-state index contributed by atoms with van der Waals surface area (Å²) in [5.74, 6) is 0.706. The van der Waals surface area contributed by atoms with Gasteiger partial charge in [0.1, 0.15) is 5.82 Å². The highest BCUT2D eigenvalue weighted by Gasteiger charge is 2.33. The predicted molar refractivity (Wildman–Crippen MR) is 121 cm³/mol. The minimum absolute atomic E-state index is 0.110. The number of fused-ring (bicyclic) bond motifs is 1. The van der Waals surface area contributed by atoms with Crippen molar-refractivity contribution in [2.75, 3.05) is 11.4 Å². The van der Waals surface area contributed by atoms with Crippen LogP contribution in [0.25, 0.3) is 22.1 Å². The Morgan fingerprint density at radius 1 is 1.24 bits per heavy atom. The zero-order valence-corrected chi connectivity index (χ0v) is 18.9. The lowest BCUT2D eigenvalue weighted by atomic mass is 10.0. The molecule has 0 saturated carbocycles. The molecule has 1 atom stereocenters. The number of carbonyl (C=O) groups is 1. The summed E-state index contributed by atoms with van der Waals surface area (Å²) in [7, 11) is 1.58. The molecule has 1 fully saturated rings. The molecule has 1 aromatic carbocycles. The van der Waals surface area contributed by atoms with E-state index in [0.717, 1.165) is 18.4 Å². The number of aromatic nitrogens is 5. The normalized spacial score (nSPS) is 16.1. The number of halogens is 1. The lowest BCUT2D eigenvalue weighted by molar-refractivity contribution is -0.120. The van der Waals surface area contributed by atoms with Gasteiger partial charge in [0.2, 0.25) is 5.82 Å². The van der Waals surface area contributed by atoms with Crippen molar-refractivity contribution in [1.29, 1.82) is 0 Å². The Kier molecular flexibility index (Phi) is 5.49. The Balaban J connectivity index is 1.40. The molecule has 4 heterocycles. The second-order valence-corrected chi connectivity index (χ2v) is 9.00. The summed E-state index contributed by atoms with van der Waals surface area (Å²) in [4.78, 5) is 41.6. The van der Waals surface area contributed by atoms with Crippen molar-refractivity contribution in [3.05, 3.63) is 51.8 Å². The first kappa shape index (κ1) is 21.4. The number of hydrogen-bond acceptors (Lipinski definition) is 9. The third-order valence-corrected chi connectivity index (χ3v) is 6.78. The van der Waals surface area contributed by atoms with E-state index in [2.05, 4.69) is 20.1 Å². The molecule has 5 rings (SSSR count). The molecule has 9 nitrogen and oxygen atoms in total. The molecule has 170 valence electrons. The topological polar surface area (TPSA) is 107 Å². The summed E-state index contributed by atoms with van der Waals surface area (Å²) in [6.07, 6.45) is 2.51. The van der Waals surface area contributed by atoms with Crippen LogP contribution in [0.4, 0.5) is 9.52 Å². The summed E-state index contributed by atoms with van der Waals surface area (Å²) in [6.45, 7) is 2.37. The average molecular weight is 469 g/mol. The monoisotopic (exact) mass is 468 g/mol. The molecule has 0 unspecified atom stereocenters. The summed E-state index contributed by atoms with van der Waals surface area (Å²) in [5, 5.41) is 4.37. The van der Waals surface area contributed by atoms with E-state index in [9.17, 15) is 14.0 Å². The van der Waals surface area contributed by atoms with Crippen molar-refractivity contribution < 1.29 is 13.7 Å². The van der Waals surface area contributed by atoms with Crippen LogP contribution in [-0.4, -0.2) is 43.0 Å². The predicted octanol–water partition coefficient (Wildman–Crippen LogP) is 3.06. The van der Waals surface area contributed by atoms with E-state index in [4.69, 9.17) is 4.52 Å². The van der Waals surface area contributed by atoms with Crippen molar-refractivity contribution in [3.8, 4) is 11.7 Å². The maximum atomic E-state index is 13.1. The fourth-order valence-corrected chi connectivity index (χ4v) is 5.07. The second-order valence-electron chi connectivity index (χ2n) is 8.04. The van der Waals surface area contributed by atoms with Crippen LogP contribution in [0.3, 0.4) is 0 Å². The smallest absolute Gasteiger partial charge is 0.294 e. The highest BCUT2D eigenvalue weighted by atomic mass is 32.1. The lowest BCUT2D eigenvalue weighted by Crippen LogP contribution is -2.36. The van der Waals surface area contributed by atoms with Gasteiger partial charge in [-0.3, -0.25) is 14.2 Å². The molecule has 1 aliphatic heterocycles. The van der Waals surface area contributed by atoms with Gasteiger partial charge in [0, 0.05) is 20.0 Å². The number of nitrogens with zero attached hydrogens (tertiary/aromatic N) is 6. The molecule has 0 bridgehead atoms. The third-order valence-electron chi connectivity index (χ3n) is 5.79. The third kappa shape index (κ3) is 4.04. The first-order valence-electron chi connectivity index (χ1n) is 10.6. The zero-order valence-electron chi connectivity index (χ0n) is 18.1.